The van der Waals surface area contributed by atoms with Gasteiger partial charge in [-0.15, -0.1) is 6.58 Å². The van der Waals surface area contributed by atoms with Gasteiger partial charge in [0.2, 0.25) is 27.7 Å². The monoisotopic (exact) mass is 984 g/mol. The van der Waals surface area contributed by atoms with Crippen molar-refractivity contribution in [1.29, 1.82) is 0 Å². The predicted molar refractivity (Wildman–Crippen MR) is 249 cm³/mol. The molecule has 69 heavy (non-hydrogen) atoms. The SMILES string of the molecule is C=C[C@@H]1C[C@]1(NC(=O)[C@@H]1CCOc2nc3ccccc3c(OCCCN3CCC(C(F)(F)F)CC3)c2CCCCC[C@@H]2C3CN1C(=O)[C@H](C1CCCCC1)NC(=O)O[C@@H]32)C(=O)NS(=O)(=O)C1(C)CC1. The lowest BCUT2D eigenvalue weighted by atomic mass is 9.83. The molecule has 15 nitrogen and oxygen atoms in total. The van der Waals surface area contributed by atoms with Crippen LogP contribution in [0, 0.1) is 29.6 Å². The molecule has 1 aromatic carbocycles. The standard InChI is InChI=1S/C50H67F3N6O9S/c1-3-32-29-49(32,46(62)57-69(64,65)48(2)22-23-48)56-43(60)39-21-28-67-44-36(41(35-16-10-11-18-38(35)54-44)66-27-12-24-58-25-19-33(20-26-58)50(51,52)53)17-9-5-8-15-34-37-30-59(39)45(61)40(31-13-6-4-7-14-31)55-47(63)68-42(34)37/h3,10-11,16,18,31-34,37,39-40,42H,1,4-9,12-15,17,19-30H2,2H3,(H,55,63)(H,56,60)(H,57,62)/t32-,34-,37?,39+,40+,42-,49-/m1/s1. The minimum atomic E-state index is -4.18. The summed E-state index contributed by atoms with van der Waals surface area (Å²) in [4.78, 5) is 66.6. The van der Waals surface area contributed by atoms with Crippen molar-refractivity contribution in [1.82, 2.24) is 30.1 Å². The van der Waals surface area contributed by atoms with Crippen LogP contribution in [0.4, 0.5) is 18.0 Å². The molecule has 1 aromatic heterocycles. The maximum Gasteiger partial charge on any atom is 0.408 e. The van der Waals surface area contributed by atoms with E-state index in [2.05, 4.69) is 26.8 Å². The maximum absolute atomic E-state index is 15.2. The van der Waals surface area contributed by atoms with Crippen LogP contribution in [0.3, 0.4) is 0 Å². The first kappa shape index (κ1) is 49.3. The number of piperidine rings is 1. The van der Waals surface area contributed by atoms with Crippen LogP contribution < -0.4 is 24.8 Å². The number of hydrogen-bond acceptors (Lipinski definition) is 11. The number of benzene rings is 1. The van der Waals surface area contributed by atoms with Crippen molar-refractivity contribution in [2.75, 3.05) is 39.4 Å². The number of alkyl carbamates (subject to hydrolysis) is 1. The molecule has 3 aliphatic heterocycles. The fraction of sp³-hybridized carbons (Fsp3) is 0.700. The number of amides is 4. The zero-order chi connectivity index (χ0) is 48.7. The number of carbonyl (C=O) groups is 4. The third-order valence-corrected chi connectivity index (χ3v) is 18.5. The van der Waals surface area contributed by atoms with Crippen LogP contribution in [-0.4, -0.2) is 121 Å². The fourth-order valence-electron chi connectivity index (χ4n) is 11.4. The zero-order valence-corrected chi connectivity index (χ0v) is 40.4. The van der Waals surface area contributed by atoms with E-state index in [1.165, 1.54) is 6.08 Å². The second-order valence-electron chi connectivity index (χ2n) is 21.0. The molecule has 1 unspecified atom stereocenters. The first-order chi connectivity index (χ1) is 33.0. The summed E-state index contributed by atoms with van der Waals surface area (Å²) in [6, 6.07) is 5.37. The third-order valence-electron chi connectivity index (χ3n) is 16.3. The molecule has 3 N–H and O–H groups in total. The number of sulfonamides is 1. The van der Waals surface area contributed by atoms with Gasteiger partial charge in [0, 0.05) is 42.7 Å². The molecule has 7 aliphatic rings. The van der Waals surface area contributed by atoms with E-state index in [0.717, 1.165) is 49.5 Å². The minimum Gasteiger partial charge on any atom is -0.492 e. The lowest BCUT2D eigenvalue weighted by molar-refractivity contribution is -0.185. The molecule has 4 saturated carbocycles. The summed E-state index contributed by atoms with van der Waals surface area (Å²) in [6.07, 6.45) is 5.68. The van der Waals surface area contributed by atoms with E-state index < -0.39 is 80.3 Å². The first-order valence-corrected chi connectivity index (χ1v) is 26.8. The molecular weight excluding hydrogens is 918 g/mol. The molecule has 6 fully saturated rings. The number of pyridine rings is 1. The summed E-state index contributed by atoms with van der Waals surface area (Å²) in [6.45, 7) is 7.12. The number of carbonyl (C=O) groups excluding carboxylic acids is 4. The van der Waals surface area contributed by atoms with Gasteiger partial charge in [0.1, 0.15) is 29.5 Å². The number of likely N-dealkylation sites (tertiary alicyclic amines) is 1. The minimum absolute atomic E-state index is 0.0478. The number of nitrogens with zero attached hydrogens (tertiary/aromatic N) is 3. The highest BCUT2D eigenvalue weighted by atomic mass is 32.2. The Labute approximate surface area is 402 Å². The molecule has 2 saturated heterocycles. The van der Waals surface area contributed by atoms with Gasteiger partial charge in [-0.25, -0.2) is 18.2 Å². The Kier molecular flexibility index (Phi) is 14.2. The quantitative estimate of drug-likeness (QED) is 0.152. The van der Waals surface area contributed by atoms with Crippen molar-refractivity contribution < 1.29 is 55.0 Å². The zero-order valence-electron chi connectivity index (χ0n) is 39.5. The van der Waals surface area contributed by atoms with Gasteiger partial charge >= 0.3 is 12.3 Å². The van der Waals surface area contributed by atoms with Crippen molar-refractivity contribution in [2.45, 2.75) is 151 Å². The van der Waals surface area contributed by atoms with E-state index in [1.807, 2.05) is 24.3 Å². The number of hydrogen-bond donors (Lipinski definition) is 3. The summed E-state index contributed by atoms with van der Waals surface area (Å²) < 4.78 is 87.1. The Hall–Kier alpha value is -4.65. The highest BCUT2D eigenvalue weighted by molar-refractivity contribution is 7.91. The van der Waals surface area contributed by atoms with Crippen LogP contribution in [0.2, 0.25) is 0 Å². The van der Waals surface area contributed by atoms with Crippen LogP contribution in [0.25, 0.3) is 10.9 Å². The van der Waals surface area contributed by atoms with Crippen molar-refractivity contribution >= 4 is 44.7 Å². The number of rotatable bonds is 12. The summed E-state index contributed by atoms with van der Waals surface area (Å²) in [5.74, 6) is -3.34. The molecule has 4 aliphatic carbocycles. The normalized spacial score (nSPS) is 30.3. The van der Waals surface area contributed by atoms with Crippen molar-refractivity contribution in [3.05, 3.63) is 42.5 Å². The van der Waals surface area contributed by atoms with Gasteiger partial charge in [-0.1, -0.05) is 50.3 Å². The lowest BCUT2D eigenvalue weighted by Gasteiger charge is -2.37. The Morgan fingerprint density at radius 1 is 1.00 bits per heavy atom. The topological polar surface area (TPSA) is 186 Å². The van der Waals surface area contributed by atoms with Gasteiger partial charge in [-0.2, -0.15) is 13.2 Å². The van der Waals surface area contributed by atoms with Crippen molar-refractivity contribution in [3.63, 3.8) is 0 Å². The highest BCUT2D eigenvalue weighted by Gasteiger charge is 2.63. The average Bonchev–Trinajstić information content (AvgIpc) is 4.29. The highest BCUT2D eigenvalue weighted by Crippen LogP contribution is 2.49. The van der Waals surface area contributed by atoms with Crippen LogP contribution in [0.1, 0.15) is 115 Å². The Balaban J connectivity index is 1.02. The third kappa shape index (κ3) is 10.5. The van der Waals surface area contributed by atoms with Crippen LogP contribution >= 0.6 is 0 Å². The van der Waals surface area contributed by atoms with Gasteiger partial charge in [0.15, 0.2) is 0 Å². The molecule has 9 rings (SSSR count). The number of aromatic nitrogens is 1. The smallest absolute Gasteiger partial charge is 0.408 e. The van der Waals surface area contributed by atoms with Crippen molar-refractivity contribution in [2.24, 2.45) is 29.6 Å². The van der Waals surface area contributed by atoms with E-state index in [9.17, 15) is 31.2 Å². The Bertz CT molecular complexity index is 2390. The Morgan fingerprint density at radius 3 is 2.43 bits per heavy atom. The van der Waals surface area contributed by atoms with Gasteiger partial charge in [-0.05, 0) is 109 Å². The molecule has 0 radical (unpaired) electrons. The molecule has 2 aromatic rings. The molecule has 4 amide bonds. The van der Waals surface area contributed by atoms with E-state index >= 15 is 9.59 Å². The second-order valence-corrected chi connectivity index (χ2v) is 23.1. The Morgan fingerprint density at radius 2 is 1.72 bits per heavy atom. The summed E-state index contributed by atoms with van der Waals surface area (Å²) in [5, 5.41) is 6.64. The van der Waals surface area contributed by atoms with Crippen molar-refractivity contribution in [3.8, 4) is 11.6 Å². The average molecular weight is 985 g/mol. The van der Waals surface area contributed by atoms with E-state index in [0.29, 0.717) is 88.3 Å². The molecule has 2 bridgehead atoms. The number of halogens is 3. The van der Waals surface area contributed by atoms with Crippen LogP contribution in [-0.2, 0) is 35.6 Å². The number of para-hydroxylation sites is 1. The van der Waals surface area contributed by atoms with Gasteiger partial charge < -0.3 is 34.6 Å². The summed E-state index contributed by atoms with van der Waals surface area (Å²) >= 11 is 0. The lowest BCUT2D eigenvalue weighted by Crippen LogP contribution is -2.61. The summed E-state index contributed by atoms with van der Waals surface area (Å²) in [7, 11) is -4.06. The second kappa shape index (κ2) is 19.9. The van der Waals surface area contributed by atoms with Crippen LogP contribution in [0.5, 0.6) is 11.6 Å². The number of nitrogens with one attached hydrogen (secondary N) is 3. The van der Waals surface area contributed by atoms with Gasteiger partial charge in [-0.3, -0.25) is 19.1 Å². The molecule has 19 heteroatoms. The van der Waals surface area contributed by atoms with Crippen LogP contribution in [0.15, 0.2) is 36.9 Å². The fourth-order valence-corrected chi connectivity index (χ4v) is 12.7. The largest absolute Gasteiger partial charge is 0.492 e. The molecule has 378 valence electrons. The molecule has 7 atom stereocenters. The van der Waals surface area contributed by atoms with E-state index in [4.69, 9.17) is 19.2 Å². The number of ether oxygens (including phenoxy) is 3. The molecule has 4 heterocycles. The van der Waals surface area contributed by atoms with E-state index in [1.54, 1.807) is 11.8 Å². The van der Waals surface area contributed by atoms with Gasteiger partial charge in [0.05, 0.1) is 35.0 Å². The summed E-state index contributed by atoms with van der Waals surface area (Å²) in [5.41, 5.74) is -0.263. The predicted octanol–water partition coefficient (Wildman–Crippen LogP) is 6.72. The van der Waals surface area contributed by atoms with Gasteiger partial charge in [0.25, 0.3) is 5.91 Å². The molecular formula is C50H67F3N6O9S. The molecule has 0 spiro atoms. The maximum atomic E-state index is 15.2. The van der Waals surface area contributed by atoms with E-state index in [-0.39, 0.29) is 56.6 Å². The number of fused-ring (bicyclic) bond motifs is 4. The first-order valence-electron chi connectivity index (χ1n) is 25.3. The number of alkyl halides is 3.